The summed E-state index contributed by atoms with van der Waals surface area (Å²) in [6.45, 7) is 40.2. The predicted octanol–water partition coefficient (Wildman–Crippen LogP) is 19.2. The number of benzene rings is 4. The first kappa shape index (κ1) is 107. The first-order valence-corrected chi connectivity index (χ1v) is 44.4. The minimum absolute atomic E-state index is 0. The first-order chi connectivity index (χ1) is 51.4. The van der Waals surface area contributed by atoms with Crippen LogP contribution in [0, 0.1) is 14.8 Å². The standard InChI is InChI=1S/4C21H33IN3.2BF4.2ClH/c4*1-6-7-8-9-10-11-16-25-20(22)19(24(5)23-25)17-12-14-18(15-13-17)21(2,3)4;2*2-1(3,4)5;;/h4*12-15H,6-11,16H2,1-5H3;;;2*1H/q4*+1;2*-1;;/p-2. The molecule has 112 heavy (non-hydrogen) atoms. The predicted molar refractivity (Wildman–Crippen MR) is 475 cm³/mol. The molecule has 4 heterocycles. The van der Waals surface area contributed by atoms with Crippen LogP contribution in [0.15, 0.2) is 97.1 Å². The monoisotopic (exact) mass is 2060 g/mol. The Bertz CT molecular complexity index is 3390. The zero-order valence-corrected chi connectivity index (χ0v) is 81.0. The van der Waals surface area contributed by atoms with Crippen molar-refractivity contribution in [2.24, 2.45) is 28.2 Å². The smallest absolute Gasteiger partial charge is 0.673 e. The van der Waals surface area contributed by atoms with E-state index in [1.54, 1.807) is 0 Å². The van der Waals surface area contributed by atoms with Crippen molar-refractivity contribution in [2.45, 2.75) is 313 Å². The molecule has 8 aromatic rings. The summed E-state index contributed by atoms with van der Waals surface area (Å²) in [7, 11) is -3.81. The topological polar surface area (TPSA) is 86.8 Å². The number of aryl methyl sites for hydroxylation is 8. The fraction of sp³-hybridized carbons (Fsp3) is 0.619. The van der Waals surface area contributed by atoms with Crippen LogP contribution in [-0.4, -0.2) is 54.1 Å². The highest BCUT2D eigenvalue weighted by atomic mass is 127. The molecule has 0 spiro atoms. The van der Waals surface area contributed by atoms with Crippen LogP contribution in [0.4, 0.5) is 34.5 Å². The Kier molecular flexibility index (Phi) is 49.9. The zero-order valence-electron chi connectivity index (χ0n) is 70.8. The molecule has 0 N–H and O–H groups in total. The SMILES string of the molecule is CCCCCCCCn1n[n+](C)c(-c2ccc(C(C)(C)C)cc2)c1I.CCCCCCCCn1n[n+](C)c(-c2ccc(C(C)(C)C)cc2)c1I.CCCCCCCCn1n[n+](C)c(-c2ccc(C(C)(C)C)cc2)c1I.CCCCCCCCn1n[n+](C)c(-c2ccc(C(C)(C)C)cc2)c1I.F[B-](F)(F)F.F[B-](F)(F)F.[Cl-].[Cl-]. The Labute approximate surface area is 735 Å². The molecule has 0 saturated heterocycles. The second-order valence-electron chi connectivity index (χ2n) is 32.9. The Balaban J connectivity index is 0.000000711. The highest BCUT2D eigenvalue weighted by Gasteiger charge is 2.29. The summed E-state index contributed by atoms with van der Waals surface area (Å²) >= 11 is 9.78. The van der Waals surface area contributed by atoms with Gasteiger partial charge in [-0.2, -0.15) is 0 Å². The molecule has 28 heteroatoms. The van der Waals surface area contributed by atoms with E-state index in [-0.39, 0.29) is 46.5 Å². The van der Waals surface area contributed by atoms with Crippen LogP contribution in [-0.2, 0) is 76.0 Å². The van der Waals surface area contributed by atoms with Crippen molar-refractivity contribution >= 4 is 105 Å². The number of rotatable bonds is 32. The molecule has 8 rings (SSSR count). The van der Waals surface area contributed by atoms with E-state index in [9.17, 15) is 34.5 Å². The van der Waals surface area contributed by atoms with Gasteiger partial charge in [0.25, 0.3) is 0 Å². The third-order valence-corrected chi connectivity index (χ3v) is 23.2. The fourth-order valence-corrected chi connectivity index (χ4v) is 16.5. The summed E-state index contributed by atoms with van der Waals surface area (Å²) < 4.78 is 99.6. The second kappa shape index (κ2) is 52.4. The maximum absolute atomic E-state index is 9.75. The van der Waals surface area contributed by atoms with Gasteiger partial charge in [-0.05, 0) is 95.3 Å². The molecule has 632 valence electrons. The minimum atomic E-state index is -6.00. The summed E-state index contributed by atoms with van der Waals surface area (Å²) in [4.78, 5) is 0. The van der Waals surface area contributed by atoms with E-state index < -0.39 is 14.5 Å². The molecule has 0 fully saturated rings. The number of unbranched alkanes of at least 4 members (excludes halogenated alkanes) is 20. The summed E-state index contributed by atoms with van der Waals surface area (Å²) in [5, 5.41) is 18.9. The van der Waals surface area contributed by atoms with E-state index in [4.69, 9.17) is 20.9 Å². The molecule has 4 aromatic heterocycles. The van der Waals surface area contributed by atoms with Crippen LogP contribution in [0.5, 0.6) is 0 Å². The van der Waals surface area contributed by atoms with E-state index >= 15 is 0 Å². The van der Waals surface area contributed by atoms with E-state index in [2.05, 4.69) is 317 Å². The van der Waals surface area contributed by atoms with Gasteiger partial charge in [0.05, 0.1) is 20.9 Å². The molecule has 4 aromatic carbocycles. The summed E-state index contributed by atoms with van der Waals surface area (Å²) in [5.41, 5.74) is 16.1. The van der Waals surface area contributed by atoms with Gasteiger partial charge < -0.3 is 59.3 Å². The molecule has 0 unspecified atom stereocenters. The molecule has 0 atom stereocenters. The van der Waals surface area contributed by atoms with Gasteiger partial charge in [-0.1, -0.05) is 311 Å². The highest BCUT2D eigenvalue weighted by Crippen LogP contribution is 2.32. The molecular weight excluding hydrogens is 1930 g/mol. The number of halogens is 14. The molecule has 0 saturated carbocycles. The van der Waals surface area contributed by atoms with E-state index in [1.165, 1.54) is 236 Å². The molecular formula is C84H132B2Cl2F8I4N12. The van der Waals surface area contributed by atoms with Crippen molar-refractivity contribution in [3.63, 3.8) is 0 Å². The van der Waals surface area contributed by atoms with E-state index in [1.807, 2.05) is 46.9 Å². The Hall–Kier alpha value is -3.49. The van der Waals surface area contributed by atoms with E-state index in [0.717, 1.165) is 26.2 Å². The molecule has 0 aliphatic heterocycles. The lowest BCUT2D eigenvalue weighted by Gasteiger charge is -2.18. The van der Waals surface area contributed by atoms with Crippen LogP contribution in [0.25, 0.3) is 45.0 Å². The van der Waals surface area contributed by atoms with Crippen LogP contribution in [0.2, 0.25) is 0 Å². The van der Waals surface area contributed by atoms with Crippen LogP contribution in [0.1, 0.15) is 287 Å². The van der Waals surface area contributed by atoms with Crippen molar-refractivity contribution < 1.29 is 78.1 Å². The van der Waals surface area contributed by atoms with Crippen molar-refractivity contribution in [3.05, 3.63) is 134 Å². The van der Waals surface area contributed by atoms with Crippen molar-refractivity contribution in [1.82, 2.24) is 39.6 Å². The Morgan fingerprint density at radius 1 is 0.268 bits per heavy atom. The lowest BCUT2D eigenvalue weighted by molar-refractivity contribution is -0.722. The van der Waals surface area contributed by atoms with Crippen molar-refractivity contribution in [2.75, 3.05) is 0 Å². The second-order valence-corrected chi connectivity index (χ2v) is 37.0. The Morgan fingerprint density at radius 2 is 0.402 bits per heavy atom. The molecule has 0 aliphatic rings. The largest absolute Gasteiger partial charge is 1.00 e. The summed E-state index contributed by atoms with van der Waals surface area (Å²) in [5.74, 6) is 0. The van der Waals surface area contributed by atoms with Gasteiger partial charge >= 0.3 is 14.5 Å². The maximum Gasteiger partial charge on any atom is 0.673 e. The molecule has 12 nitrogen and oxygen atoms in total. The van der Waals surface area contributed by atoms with Gasteiger partial charge in [-0.25, -0.2) is 0 Å². The lowest BCUT2D eigenvalue weighted by Crippen LogP contribution is -3.00. The Morgan fingerprint density at radius 3 is 0.536 bits per heavy atom. The first-order valence-electron chi connectivity index (χ1n) is 40.1. The quantitative estimate of drug-likeness (QED) is 0.0138. The fourth-order valence-electron chi connectivity index (χ4n) is 12.5. The lowest BCUT2D eigenvalue weighted by atomic mass is 9.86. The average molecular weight is 2060 g/mol. The highest BCUT2D eigenvalue weighted by molar-refractivity contribution is 14.1. The average Bonchev–Trinajstić information content (AvgIpc) is 1.67. The van der Waals surface area contributed by atoms with Crippen LogP contribution in [0.3, 0.4) is 0 Å². The number of nitrogens with zero attached hydrogens (tertiary/aromatic N) is 12. The third-order valence-electron chi connectivity index (χ3n) is 18.9. The molecule has 0 radical (unpaired) electrons. The normalized spacial score (nSPS) is 11.7. The van der Waals surface area contributed by atoms with Gasteiger partial charge in [0.15, 0.2) is 0 Å². The molecule has 0 bridgehead atoms. The van der Waals surface area contributed by atoms with Gasteiger partial charge in [0, 0.05) is 113 Å². The van der Waals surface area contributed by atoms with Crippen LogP contribution < -0.4 is 43.5 Å². The van der Waals surface area contributed by atoms with Crippen LogP contribution >= 0.6 is 90.4 Å². The number of aromatic nitrogens is 12. The molecule has 0 amide bonds. The van der Waals surface area contributed by atoms with E-state index in [0.29, 0.717) is 0 Å². The van der Waals surface area contributed by atoms with Crippen molar-refractivity contribution in [3.8, 4) is 45.0 Å². The van der Waals surface area contributed by atoms with Gasteiger partial charge in [-0.3, -0.25) is 0 Å². The molecule has 0 aliphatic carbocycles. The van der Waals surface area contributed by atoms with Gasteiger partial charge in [0.1, 0.15) is 54.4 Å². The van der Waals surface area contributed by atoms with Crippen molar-refractivity contribution in [1.29, 1.82) is 0 Å². The third kappa shape index (κ3) is 39.8. The summed E-state index contributed by atoms with van der Waals surface area (Å²) in [6.07, 6.45) is 31.6. The number of hydrogen-bond acceptors (Lipinski definition) is 4. The maximum atomic E-state index is 9.75. The van der Waals surface area contributed by atoms with Gasteiger partial charge in [0.2, 0.25) is 37.6 Å². The number of hydrogen-bond donors (Lipinski definition) is 0. The zero-order chi connectivity index (χ0) is 82.8. The summed E-state index contributed by atoms with van der Waals surface area (Å²) in [6, 6.07) is 35.8. The minimum Gasteiger partial charge on any atom is -1.00 e. The van der Waals surface area contributed by atoms with Gasteiger partial charge in [-0.15, -0.1) is 37.5 Å².